The van der Waals surface area contributed by atoms with Gasteiger partial charge < -0.3 is 20.7 Å². The zero-order chi connectivity index (χ0) is 16.1. The Kier molecular flexibility index (Phi) is 3.65. The van der Waals surface area contributed by atoms with Gasteiger partial charge in [0.1, 0.15) is 5.75 Å². The lowest BCUT2D eigenvalue weighted by molar-refractivity contribution is 0.0397. The maximum absolute atomic E-state index is 12.8. The molecule has 4 aliphatic rings. The number of nitrogens with one attached hydrogen (secondary N) is 1. The van der Waals surface area contributed by atoms with Crippen molar-refractivity contribution in [3.8, 4) is 5.75 Å². The van der Waals surface area contributed by atoms with E-state index in [1.165, 1.54) is 12.8 Å². The molecule has 6 heteroatoms. The number of benzene rings is 1. The molecule has 0 spiro atoms. The number of rotatable bonds is 2. The van der Waals surface area contributed by atoms with Crippen molar-refractivity contribution in [2.24, 2.45) is 5.92 Å². The molecule has 2 saturated heterocycles. The lowest BCUT2D eigenvalue weighted by atomic mass is 9.76. The highest BCUT2D eigenvalue weighted by Crippen LogP contribution is 2.39. The van der Waals surface area contributed by atoms with Crippen LogP contribution >= 0.6 is 11.6 Å². The van der Waals surface area contributed by atoms with Gasteiger partial charge in [0.15, 0.2) is 0 Å². The van der Waals surface area contributed by atoms with Gasteiger partial charge in [-0.15, -0.1) is 0 Å². The molecule has 0 radical (unpaired) electrons. The molecule has 1 aromatic rings. The van der Waals surface area contributed by atoms with Gasteiger partial charge in [0, 0.05) is 30.6 Å². The second-order valence-corrected chi connectivity index (χ2v) is 7.38. The molecular weight excluding hydrogens is 314 g/mol. The summed E-state index contributed by atoms with van der Waals surface area (Å²) in [4.78, 5) is 15.2. The highest BCUT2D eigenvalue weighted by Gasteiger charge is 2.39. The highest BCUT2D eigenvalue weighted by molar-refractivity contribution is 6.33. The third-order valence-electron chi connectivity index (χ3n) is 5.64. The van der Waals surface area contributed by atoms with Crippen LogP contribution in [0.4, 0.5) is 5.69 Å². The predicted octanol–water partition coefficient (Wildman–Crippen LogP) is 2.07. The van der Waals surface area contributed by atoms with E-state index in [2.05, 4.69) is 17.3 Å². The number of fused-ring (bicyclic) bond motifs is 4. The summed E-state index contributed by atoms with van der Waals surface area (Å²) in [6.07, 6.45) is 4.16. The number of carbonyl (C=O) groups excluding carboxylic acids is 1. The Hall–Kier alpha value is -1.46. The van der Waals surface area contributed by atoms with Crippen molar-refractivity contribution < 1.29 is 9.53 Å². The Morgan fingerprint density at radius 2 is 2.30 bits per heavy atom. The first kappa shape index (κ1) is 15.1. The number of nitrogen functional groups attached to an aromatic ring is 1. The van der Waals surface area contributed by atoms with Gasteiger partial charge in [-0.25, -0.2) is 0 Å². The van der Waals surface area contributed by atoms with Crippen LogP contribution in [0, 0.1) is 5.92 Å². The van der Waals surface area contributed by atoms with E-state index >= 15 is 0 Å². The van der Waals surface area contributed by atoms with Gasteiger partial charge in [0.2, 0.25) is 0 Å². The number of anilines is 1. The molecule has 2 bridgehead atoms. The molecule has 0 aromatic heterocycles. The van der Waals surface area contributed by atoms with Crippen LogP contribution in [0.2, 0.25) is 5.02 Å². The molecule has 3 heterocycles. The molecule has 1 saturated carbocycles. The standard InChI is InChI=1S/C17H22ClN3O2/c1-21-8-9-2-3-10(21)6-14(9)20-17(22)12-7-13(18)15(19)11-4-5-23-16(11)12/h7,9-10,14H,2-6,8,19H2,1H3,(H,20,22). The Labute approximate surface area is 141 Å². The summed E-state index contributed by atoms with van der Waals surface area (Å²) in [6, 6.07) is 2.47. The first-order chi connectivity index (χ1) is 11.0. The third-order valence-corrected chi connectivity index (χ3v) is 5.96. The summed E-state index contributed by atoms with van der Waals surface area (Å²) < 4.78 is 5.65. The van der Waals surface area contributed by atoms with Crippen molar-refractivity contribution in [2.75, 3.05) is 25.9 Å². The smallest absolute Gasteiger partial charge is 0.255 e. The fourth-order valence-electron chi connectivity index (χ4n) is 4.31. The summed E-state index contributed by atoms with van der Waals surface area (Å²) in [7, 11) is 2.18. The zero-order valence-electron chi connectivity index (χ0n) is 13.3. The van der Waals surface area contributed by atoms with Crippen LogP contribution in [-0.2, 0) is 6.42 Å². The van der Waals surface area contributed by atoms with Crippen LogP contribution < -0.4 is 15.8 Å². The number of piperidine rings is 2. The number of nitrogens with two attached hydrogens (primary N) is 1. The monoisotopic (exact) mass is 335 g/mol. The van der Waals surface area contributed by atoms with Crippen LogP contribution in [0.3, 0.4) is 0 Å². The quantitative estimate of drug-likeness (QED) is 0.812. The first-order valence-corrected chi connectivity index (χ1v) is 8.67. The van der Waals surface area contributed by atoms with Crippen LogP contribution in [0.25, 0.3) is 0 Å². The summed E-state index contributed by atoms with van der Waals surface area (Å²) in [5.74, 6) is 1.06. The number of halogens is 1. The molecule has 1 aromatic carbocycles. The highest BCUT2D eigenvalue weighted by atomic mass is 35.5. The lowest BCUT2D eigenvalue weighted by Crippen LogP contribution is -2.57. The summed E-state index contributed by atoms with van der Waals surface area (Å²) in [6.45, 7) is 1.62. The van der Waals surface area contributed by atoms with Crippen molar-refractivity contribution in [1.29, 1.82) is 0 Å². The van der Waals surface area contributed by atoms with Gasteiger partial charge >= 0.3 is 0 Å². The Morgan fingerprint density at radius 1 is 1.48 bits per heavy atom. The average molecular weight is 336 g/mol. The molecule has 23 heavy (non-hydrogen) atoms. The number of nitrogens with zero attached hydrogens (tertiary/aromatic N) is 1. The third kappa shape index (κ3) is 2.46. The predicted molar refractivity (Wildman–Crippen MR) is 90.1 cm³/mol. The summed E-state index contributed by atoms with van der Waals surface area (Å²) in [5.41, 5.74) is 7.93. The lowest BCUT2D eigenvalue weighted by Gasteiger charge is -2.48. The van der Waals surface area contributed by atoms with Gasteiger partial charge in [0.05, 0.1) is 22.9 Å². The molecule has 3 atom stereocenters. The van der Waals surface area contributed by atoms with Crippen LogP contribution in [0.1, 0.15) is 35.2 Å². The normalized spacial score (nSPS) is 29.2. The second-order valence-electron chi connectivity index (χ2n) is 6.97. The van der Waals surface area contributed by atoms with Gasteiger partial charge in [-0.05, 0) is 38.3 Å². The largest absolute Gasteiger partial charge is 0.492 e. The second kappa shape index (κ2) is 5.56. The molecule has 1 aliphatic carbocycles. The number of hydrogen-bond donors (Lipinski definition) is 2. The number of hydrogen-bond acceptors (Lipinski definition) is 4. The minimum Gasteiger partial charge on any atom is -0.492 e. The van der Waals surface area contributed by atoms with Crippen LogP contribution in [-0.4, -0.2) is 43.1 Å². The maximum atomic E-state index is 12.8. The number of ether oxygens (including phenoxy) is 1. The molecule has 1 amide bonds. The maximum Gasteiger partial charge on any atom is 0.255 e. The zero-order valence-corrected chi connectivity index (χ0v) is 14.0. The molecule has 5 nitrogen and oxygen atoms in total. The van der Waals surface area contributed by atoms with E-state index in [0.29, 0.717) is 47.0 Å². The Bertz CT molecular complexity index is 664. The summed E-state index contributed by atoms with van der Waals surface area (Å²) >= 11 is 6.20. The van der Waals surface area contributed by atoms with E-state index < -0.39 is 0 Å². The van der Waals surface area contributed by atoms with Crippen molar-refractivity contribution >= 4 is 23.2 Å². The van der Waals surface area contributed by atoms with E-state index in [4.69, 9.17) is 22.1 Å². The van der Waals surface area contributed by atoms with E-state index in [9.17, 15) is 4.79 Å². The van der Waals surface area contributed by atoms with Gasteiger partial charge in [-0.3, -0.25) is 4.79 Å². The fourth-order valence-corrected chi connectivity index (χ4v) is 4.53. The van der Waals surface area contributed by atoms with Gasteiger partial charge in [-0.2, -0.15) is 0 Å². The Morgan fingerprint density at radius 3 is 3.00 bits per heavy atom. The van der Waals surface area contributed by atoms with E-state index in [-0.39, 0.29) is 11.9 Å². The number of amides is 1. The van der Waals surface area contributed by atoms with Crippen LogP contribution in [0.15, 0.2) is 6.07 Å². The van der Waals surface area contributed by atoms with Crippen molar-refractivity contribution in [3.63, 3.8) is 0 Å². The minimum atomic E-state index is -0.0924. The van der Waals surface area contributed by atoms with Gasteiger partial charge in [0.25, 0.3) is 5.91 Å². The first-order valence-electron chi connectivity index (χ1n) is 8.29. The number of carbonyl (C=O) groups is 1. The topological polar surface area (TPSA) is 67.6 Å². The average Bonchev–Trinajstić information content (AvgIpc) is 3.02. The van der Waals surface area contributed by atoms with E-state index in [1.807, 2.05) is 0 Å². The SMILES string of the molecule is CN1CC2CCC1CC2NC(=O)c1cc(Cl)c(N)c2c1OCC2. The van der Waals surface area contributed by atoms with Crippen molar-refractivity contribution in [2.45, 2.75) is 37.8 Å². The molecular formula is C17H22ClN3O2. The van der Waals surface area contributed by atoms with Crippen LogP contribution in [0.5, 0.6) is 5.75 Å². The minimum absolute atomic E-state index is 0.0924. The molecule has 3 aliphatic heterocycles. The van der Waals surface area contributed by atoms with Crippen molar-refractivity contribution in [1.82, 2.24) is 10.2 Å². The Balaban J connectivity index is 1.57. The van der Waals surface area contributed by atoms with E-state index in [0.717, 1.165) is 18.5 Å². The fraction of sp³-hybridized carbons (Fsp3) is 0.588. The van der Waals surface area contributed by atoms with Crippen molar-refractivity contribution in [3.05, 3.63) is 22.2 Å². The summed E-state index contributed by atoms with van der Waals surface area (Å²) in [5, 5.41) is 3.65. The molecule has 3 fully saturated rings. The molecule has 124 valence electrons. The molecule has 3 unspecified atom stereocenters. The van der Waals surface area contributed by atoms with E-state index in [1.54, 1.807) is 6.07 Å². The van der Waals surface area contributed by atoms with Gasteiger partial charge in [-0.1, -0.05) is 11.6 Å². The molecule has 5 rings (SSSR count). The molecule has 3 N–H and O–H groups in total.